The molecule has 0 aliphatic rings. The number of esters is 1. The van der Waals surface area contributed by atoms with Crippen molar-refractivity contribution in [3.05, 3.63) is 70.3 Å². The average Bonchev–Trinajstić information content (AvgIpc) is 3.09. The molecule has 0 bridgehead atoms. The molecule has 0 saturated heterocycles. The molecule has 3 rings (SSSR count). The maximum absolute atomic E-state index is 13.3. The summed E-state index contributed by atoms with van der Waals surface area (Å²) in [6.07, 6.45) is 1.51. The zero-order valence-electron chi connectivity index (χ0n) is 14.0. The summed E-state index contributed by atoms with van der Waals surface area (Å²) in [4.78, 5) is 22.2. The van der Waals surface area contributed by atoms with Gasteiger partial charge in [-0.15, -0.1) is 10.2 Å². The van der Waals surface area contributed by atoms with E-state index in [-0.39, 0.29) is 5.75 Å². The van der Waals surface area contributed by atoms with Crippen LogP contribution in [0.2, 0.25) is 0 Å². The lowest BCUT2D eigenvalue weighted by molar-refractivity contribution is -0.385. The zero-order valence-corrected chi connectivity index (χ0v) is 14.9. The summed E-state index contributed by atoms with van der Waals surface area (Å²) in [7, 11) is 0. The first-order chi connectivity index (χ1) is 12.9. The van der Waals surface area contributed by atoms with Crippen LogP contribution in [0.3, 0.4) is 0 Å². The zero-order chi connectivity index (χ0) is 19.4. The molecule has 3 aromatic rings. The van der Waals surface area contributed by atoms with Gasteiger partial charge in [-0.2, -0.15) is 0 Å². The van der Waals surface area contributed by atoms with Gasteiger partial charge in [-0.25, -0.2) is 4.39 Å². The van der Waals surface area contributed by atoms with Crippen LogP contribution in [0.25, 0.3) is 5.69 Å². The van der Waals surface area contributed by atoms with Crippen molar-refractivity contribution in [2.75, 3.05) is 5.75 Å². The number of ether oxygens (including phenoxy) is 1. The number of hydrogen-bond donors (Lipinski definition) is 0. The number of thioether (sulfide) groups is 1. The van der Waals surface area contributed by atoms with Crippen LogP contribution in [0.15, 0.2) is 53.9 Å². The molecular weight excluding hydrogens is 375 g/mol. The number of halogens is 1. The smallest absolute Gasteiger partial charge is 0.322 e. The molecule has 1 aromatic heterocycles. The third-order valence-electron chi connectivity index (χ3n) is 3.49. The molecule has 0 spiro atoms. The number of aryl methyl sites for hydroxylation is 1. The van der Waals surface area contributed by atoms with Gasteiger partial charge in [0.2, 0.25) is 5.75 Å². The van der Waals surface area contributed by atoms with Crippen LogP contribution in [0.1, 0.15) is 5.56 Å². The lowest BCUT2D eigenvalue weighted by Gasteiger charge is -2.07. The van der Waals surface area contributed by atoms with E-state index in [1.807, 2.05) is 31.2 Å². The molecular formula is C17H13FN4O4S. The molecule has 2 aromatic carbocycles. The molecule has 10 heteroatoms. The third-order valence-corrected chi connectivity index (χ3v) is 4.41. The topological polar surface area (TPSA) is 100 Å². The summed E-state index contributed by atoms with van der Waals surface area (Å²) in [6, 6.07) is 10.3. The molecule has 8 nitrogen and oxygen atoms in total. The summed E-state index contributed by atoms with van der Waals surface area (Å²) in [6.45, 7) is 1.97. The van der Waals surface area contributed by atoms with Gasteiger partial charge >= 0.3 is 11.7 Å². The minimum atomic E-state index is -0.771. The highest BCUT2D eigenvalue weighted by molar-refractivity contribution is 7.99. The number of nitrogens with zero attached hydrogens (tertiary/aromatic N) is 4. The van der Waals surface area contributed by atoms with Crippen molar-refractivity contribution in [1.82, 2.24) is 14.8 Å². The second kappa shape index (κ2) is 7.96. The Kier molecular flexibility index (Phi) is 5.46. The molecule has 0 fully saturated rings. The summed E-state index contributed by atoms with van der Waals surface area (Å²) in [5, 5.41) is 19.2. The van der Waals surface area contributed by atoms with E-state index in [2.05, 4.69) is 10.2 Å². The highest BCUT2D eigenvalue weighted by Crippen LogP contribution is 2.28. The number of carbonyl (C=O) groups is 1. The van der Waals surface area contributed by atoms with E-state index in [4.69, 9.17) is 4.74 Å². The lowest BCUT2D eigenvalue weighted by Crippen LogP contribution is -2.12. The largest absolute Gasteiger partial charge is 0.418 e. The molecule has 0 N–H and O–H groups in total. The fourth-order valence-electron chi connectivity index (χ4n) is 2.20. The third kappa shape index (κ3) is 4.47. The van der Waals surface area contributed by atoms with E-state index in [9.17, 15) is 19.3 Å². The first kappa shape index (κ1) is 18.5. The van der Waals surface area contributed by atoms with Crippen molar-refractivity contribution in [3.8, 4) is 11.4 Å². The molecule has 0 amide bonds. The van der Waals surface area contributed by atoms with Crippen LogP contribution >= 0.6 is 11.8 Å². The van der Waals surface area contributed by atoms with Gasteiger partial charge in [0.05, 0.1) is 10.7 Å². The van der Waals surface area contributed by atoms with Crippen molar-refractivity contribution in [2.24, 2.45) is 0 Å². The highest BCUT2D eigenvalue weighted by Gasteiger charge is 2.19. The fourth-order valence-corrected chi connectivity index (χ4v) is 2.90. The number of nitro groups is 1. The van der Waals surface area contributed by atoms with E-state index in [0.29, 0.717) is 5.16 Å². The molecule has 0 aliphatic carbocycles. The number of nitro benzene ring substituents is 1. The summed E-state index contributed by atoms with van der Waals surface area (Å²) >= 11 is 1.05. The molecule has 138 valence electrons. The first-order valence-corrected chi connectivity index (χ1v) is 8.67. The molecule has 0 unspecified atom stereocenters. The summed E-state index contributed by atoms with van der Waals surface area (Å²) in [5.74, 6) is -2.13. The summed E-state index contributed by atoms with van der Waals surface area (Å²) in [5.41, 5.74) is 1.43. The number of benzene rings is 2. The highest BCUT2D eigenvalue weighted by atomic mass is 32.2. The maximum Gasteiger partial charge on any atom is 0.322 e. The van der Waals surface area contributed by atoms with Gasteiger partial charge in [-0.3, -0.25) is 19.5 Å². The number of rotatable bonds is 6. The standard InChI is InChI=1S/C17H13FN4O4S/c1-11-2-5-13(6-3-11)21-10-19-20-17(21)27-9-16(23)26-15-8-12(18)4-7-14(15)22(24)25/h2-8,10H,9H2,1H3. The minimum absolute atomic E-state index is 0.182. The van der Waals surface area contributed by atoms with Crippen LogP contribution in [-0.4, -0.2) is 31.4 Å². The van der Waals surface area contributed by atoms with E-state index in [0.717, 1.165) is 41.2 Å². The van der Waals surface area contributed by atoms with Crippen LogP contribution in [-0.2, 0) is 4.79 Å². The molecule has 0 saturated carbocycles. The Labute approximate surface area is 157 Å². The normalized spacial score (nSPS) is 10.6. The fraction of sp³-hybridized carbons (Fsp3) is 0.118. The molecule has 27 heavy (non-hydrogen) atoms. The van der Waals surface area contributed by atoms with Gasteiger partial charge in [0.25, 0.3) is 0 Å². The van der Waals surface area contributed by atoms with Crippen molar-refractivity contribution >= 4 is 23.4 Å². The maximum atomic E-state index is 13.3. The lowest BCUT2D eigenvalue weighted by atomic mass is 10.2. The van der Waals surface area contributed by atoms with Crippen molar-refractivity contribution in [1.29, 1.82) is 0 Å². The van der Waals surface area contributed by atoms with Crippen molar-refractivity contribution in [2.45, 2.75) is 12.1 Å². The van der Waals surface area contributed by atoms with Crippen LogP contribution in [0.4, 0.5) is 10.1 Å². The van der Waals surface area contributed by atoms with E-state index < -0.39 is 28.1 Å². The SMILES string of the molecule is Cc1ccc(-n2cnnc2SCC(=O)Oc2cc(F)ccc2[N+](=O)[O-])cc1. The van der Waals surface area contributed by atoms with Gasteiger partial charge in [0.1, 0.15) is 12.1 Å². The van der Waals surface area contributed by atoms with Gasteiger partial charge in [-0.05, 0) is 25.1 Å². The van der Waals surface area contributed by atoms with E-state index >= 15 is 0 Å². The Morgan fingerprint density at radius 2 is 2.04 bits per heavy atom. The van der Waals surface area contributed by atoms with Crippen LogP contribution < -0.4 is 4.74 Å². The van der Waals surface area contributed by atoms with E-state index in [1.165, 1.54) is 6.33 Å². The van der Waals surface area contributed by atoms with Gasteiger partial charge in [0, 0.05) is 17.8 Å². The summed E-state index contributed by atoms with van der Waals surface area (Å²) < 4.78 is 19.9. The Bertz CT molecular complexity index is 991. The molecule has 0 radical (unpaired) electrons. The van der Waals surface area contributed by atoms with Gasteiger partial charge < -0.3 is 4.74 Å². The molecule has 1 heterocycles. The number of carbonyl (C=O) groups excluding carboxylic acids is 1. The Hall–Kier alpha value is -3.27. The second-order valence-corrected chi connectivity index (χ2v) is 6.39. The first-order valence-electron chi connectivity index (χ1n) is 7.68. The van der Waals surface area contributed by atoms with Gasteiger partial charge in [-0.1, -0.05) is 29.5 Å². The van der Waals surface area contributed by atoms with Crippen molar-refractivity contribution < 1.29 is 18.8 Å². The average molecular weight is 388 g/mol. The predicted octanol–water partition coefficient (Wildman–Crippen LogP) is 3.32. The van der Waals surface area contributed by atoms with Crippen molar-refractivity contribution in [3.63, 3.8) is 0 Å². The minimum Gasteiger partial charge on any atom is -0.418 e. The van der Waals surface area contributed by atoms with Gasteiger partial charge in [0.15, 0.2) is 5.16 Å². The quantitative estimate of drug-likeness (QED) is 0.210. The van der Waals surface area contributed by atoms with Crippen LogP contribution in [0, 0.1) is 22.9 Å². The monoisotopic (exact) mass is 388 g/mol. The molecule has 0 aliphatic heterocycles. The molecule has 0 atom stereocenters. The Morgan fingerprint density at radius 1 is 1.30 bits per heavy atom. The number of aromatic nitrogens is 3. The Balaban J connectivity index is 1.69. The van der Waals surface area contributed by atoms with Crippen LogP contribution in [0.5, 0.6) is 5.75 Å². The predicted molar refractivity (Wildman–Crippen MR) is 95.5 cm³/mol. The van der Waals surface area contributed by atoms with E-state index in [1.54, 1.807) is 4.57 Å². The Morgan fingerprint density at radius 3 is 2.74 bits per heavy atom. The second-order valence-electron chi connectivity index (χ2n) is 5.45. The number of hydrogen-bond acceptors (Lipinski definition) is 7.